The maximum atomic E-state index is 12.1. The SMILES string of the molecule is CCN(CC)C(=O)COc1ccc(NC(=O)C2CCNC2)cc1Cl.Cl. The van der Waals surface area contributed by atoms with Gasteiger partial charge in [0.15, 0.2) is 6.61 Å². The molecule has 1 fully saturated rings. The molecule has 1 heterocycles. The van der Waals surface area contributed by atoms with Gasteiger partial charge in [-0.3, -0.25) is 9.59 Å². The molecular formula is C17H25Cl2N3O3. The van der Waals surface area contributed by atoms with Crippen molar-refractivity contribution >= 4 is 41.5 Å². The highest BCUT2D eigenvalue weighted by Gasteiger charge is 2.22. The highest BCUT2D eigenvalue weighted by atomic mass is 35.5. The minimum Gasteiger partial charge on any atom is -0.482 e. The molecule has 1 aromatic carbocycles. The van der Waals surface area contributed by atoms with Crippen molar-refractivity contribution in [1.82, 2.24) is 10.2 Å². The summed E-state index contributed by atoms with van der Waals surface area (Å²) in [6.45, 7) is 6.65. The molecule has 0 saturated carbocycles. The Labute approximate surface area is 159 Å². The van der Waals surface area contributed by atoms with Gasteiger partial charge in [0.25, 0.3) is 5.91 Å². The number of amides is 2. The van der Waals surface area contributed by atoms with E-state index in [1.807, 2.05) is 13.8 Å². The van der Waals surface area contributed by atoms with Crippen molar-refractivity contribution in [2.45, 2.75) is 20.3 Å². The highest BCUT2D eigenvalue weighted by molar-refractivity contribution is 6.32. The van der Waals surface area contributed by atoms with Crippen LogP contribution in [0.4, 0.5) is 5.69 Å². The third kappa shape index (κ3) is 6.06. The van der Waals surface area contributed by atoms with Crippen LogP contribution in [-0.2, 0) is 9.59 Å². The number of hydrogen-bond donors (Lipinski definition) is 2. The molecule has 0 radical (unpaired) electrons. The van der Waals surface area contributed by atoms with E-state index in [0.29, 0.717) is 36.1 Å². The van der Waals surface area contributed by atoms with E-state index < -0.39 is 0 Å². The molecule has 8 heteroatoms. The lowest BCUT2D eigenvalue weighted by molar-refractivity contribution is -0.133. The number of nitrogens with one attached hydrogen (secondary N) is 2. The predicted molar refractivity (Wildman–Crippen MR) is 102 cm³/mol. The molecule has 1 saturated heterocycles. The summed E-state index contributed by atoms with van der Waals surface area (Å²) in [7, 11) is 0. The van der Waals surface area contributed by atoms with Gasteiger partial charge in [-0.05, 0) is 45.0 Å². The number of rotatable bonds is 7. The number of carbonyl (C=O) groups is 2. The van der Waals surface area contributed by atoms with Gasteiger partial charge in [-0.1, -0.05) is 11.6 Å². The first-order valence-electron chi connectivity index (χ1n) is 8.26. The third-order valence-electron chi connectivity index (χ3n) is 4.10. The number of halogens is 2. The Bertz CT molecular complexity index is 589. The molecule has 0 spiro atoms. The van der Waals surface area contributed by atoms with Crippen molar-refractivity contribution in [3.8, 4) is 5.75 Å². The lowest BCUT2D eigenvalue weighted by atomic mass is 10.1. The van der Waals surface area contributed by atoms with E-state index in [9.17, 15) is 9.59 Å². The molecule has 1 atom stereocenters. The fourth-order valence-corrected chi connectivity index (χ4v) is 2.86. The second-order valence-corrected chi connectivity index (χ2v) is 6.09. The molecule has 25 heavy (non-hydrogen) atoms. The molecule has 1 aliphatic heterocycles. The number of carbonyl (C=O) groups excluding carboxylic acids is 2. The zero-order chi connectivity index (χ0) is 17.5. The Morgan fingerprint density at radius 3 is 2.64 bits per heavy atom. The number of hydrogen-bond acceptors (Lipinski definition) is 4. The second kappa shape index (κ2) is 10.5. The van der Waals surface area contributed by atoms with Crippen LogP contribution in [0.5, 0.6) is 5.75 Å². The Hall–Kier alpha value is -1.50. The average molecular weight is 390 g/mol. The van der Waals surface area contributed by atoms with Gasteiger partial charge in [-0.15, -0.1) is 12.4 Å². The second-order valence-electron chi connectivity index (χ2n) is 5.68. The summed E-state index contributed by atoms with van der Waals surface area (Å²) < 4.78 is 5.50. The Balaban J connectivity index is 0.00000312. The lowest BCUT2D eigenvalue weighted by Crippen LogP contribution is -2.34. The van der Waals surface area contributed by atoms with Crippen LogP contribution in [0.15, 0.2) is 18.2 Å². The fraction of sp³-hybridized carbons (Fsp3) is 0.529. The van der Waals surface area contributed by atoms with Gasteiger partial charge >= 0.3 is 0 Å². The third-order valence-corrected chi connectivity index (χ3v) is 4.39. The van der Waals surface area contributed by atoms with Crippen LogP contribution in [0.1, 0.15) is 20.3 Å². The van der Waals surface area contributed by atoms with E-state index in [2.05, 4.69) is 10.6 Å². The maximum Gasteiger partial charge on any atom is 0.260 e. The summed E-state index contributed by atoms with van der Waals surface area (Å²) in [4.78, 5) is 25.7. The number of benzene rings is 1. The maximum absolute atomic E-state index is 12.1. The van der Waals surface area contributed by atoms with E-state index in [1.54, 1.807) is 23.1 Å². The van der Waals surface area contributed by atoms with Gasteiger partial charge in [0, 0.05) is 25.3 Å². The first kappa shape index (κ1) is 21.5. The molecular weight excluding hydrogens is 365 g/mol. The summed E-state index contributed by atoms with van der Waals surface area (Å²) in [6.07, 6.45) is 0.841. The average Bonchev–Trinajstić information content (AvgIpc) is 3.10. The molecule has 6 nitrogen and oxygen atoms in total. The summed E-state index contributed by atoms with van der Waals surface area (Å²) in [6, 6.07) is 5.03. The minimum atomic E-state index is -0.0813. The van der Waals surface area contributed by atoms with Gasteiger partial charge in [-0.2, -0.15) is 0 Å². The Morgan fingerprint density at radius 2 is 2.08 bits per heavy atom. The van der Waals surface area contributed by atoms with Crippen molar-refractivity contribution in [2.24, 2.45) is 5.92 Å². The monoisotopic (exact) mass is 389 g/mol. The molecule has 0 aromatic heterocycles. The van der Waals surface area contributed by atoms with E-state index >= 15 is 0 Å². The van der Waals surface area contributed by atoms with Crippen molar-refractivity contribution in [1.29, 1.82) is 0 Å². The van der Waals surface area contributed by atoms with Crippen molar-refractivity contribution in [3.63, 3.8) is 0 Å². The largest absolute Gasteiger partial charge is 0.482 e. The number of anilines is 1. The minimum absolute atomic E-state index is 0. The first-order valence-corrected chi connectivity index (χ1v) is 8.64. The summed E-state index contributed by atoms with van der Waals surface area (Å²) in [5, 5.41) is 6.39. The molecule has 2 amide bonds. The molecule has 140 valence electrons. The van der Waals surface area contributed by atoms with Gasteiger partial charge in [0.1, 0.15) is 5.75 Å². The van der Waals surface area contributed by atoms with Crippen LogP contribution in [0.2, 0.25) is 5.02 Å². The van der Waals surface area contributed by atoms with Gasteiger partial charge in [0.2, 0.25) is 5.91 Å². The summed E-state index contributed by atoms with van der Waals surface area (Å²) >= 11 is 6.19. The fourth-order valence-electron chi connectivity index (χ4n) is 2.63. The van der Waals surface area contributed by atoms with Crippen LogP contribution in [-0.4, -0.2) is 49.5 Å². The highest BCUT2D eigenvalue weighted by Crippen LogP contribution is 2.28. The van der Waals surface area contributed by atoms with Crippen LogP contribution in [0.3, 0.4) is 0 Å². The van der Waals surface area contributed by atoms with E-state index in [-0.39, 0.29) is 36.7 Å². The van der Waals surface area contributed by atoms with Gasteiger partial charge in [-0.25, -0.2) is 0 Å². The quantitative estimate of drug-likeness (QED) is 0.751. The van der Waals surface area contributed by atoms with Crippen molar-refractivity contribution in [2.75, 3.05) is 38.1 Å². The van der Waals surface area contributed by atoms with Crippen LogP contribution in [0, 0.1) is 5.92 Å². The smallest absolute Gasteiger partial charge is 0.260 e. The standard InChI is InChI=1S/C17H24ClN3O3.ClH/c1-3-21(4-2)16(22)11-24-15-6-5-13(9-14(15)18)20-17(23)12-7-8-19-10-12;/h5-6,9,12,19H,3-4,7-8,10-11H2,1-2H3,(H,20,23);1H. The molecule has 1 aliphatic rings. The number of nitrogens with zero attached hydrogens (tertiary/aromatic N) is 1. The van der Waals surface area contributed by atoms with Crippen LogP contribution < -0.4 is 15.4 Å². The molecule has 0 aliphatic carbocycles. The van der Waals surface area contributed by atoms with Crippen molar-refractivity contribution < 1.29 is 14.3 Å². The van der Waals surface area contributed by atoms with E-state index in [1.165, 1.54) is 0 Å². The molecule has 1 unspecified atom stereocenters. The normalized spacial score (nSPS) is 16.0. The Kier molecular flexibility index (Phi) is 9.03. The van der Waals surface area contributed by atoms with Gasteiger partial charge in [0.05, 0.1) is 10.9 Å². The molecule has 2 rings (SSSR count). The number of ether oxygens (including phenoxy) is 1. The first-order chi connectivity index (χ1) is 11.5. The van der Waals surface area contributed by atoms with Crippen LogP contribution >= 0.6 is 24.0 Å². The molecule has 2 N–H and O–H groups in total. The van der Waals surface area contributed by atoms with E-state index in [4.69, 9.17) is 16.3 Å². The van der Waals surface area contributed by atoms with Crippen molar-refractivity contribution in [3.05, 3.63) is 23.2 Å². The predicted octanol–water partition coefficient (Wildman–Crippen LogP) is 2.56. The zero-order valence-electron chi connectivity index (χ0n) is 14.5. The Morgan fingerprint density at radius 1 is 1.36 bits per heavy atom. The molecule has 1 aromatic rings. The summed E-state index contributed by atoms with van der Waals surface area (Å²) in [5.74, 6) is 0.327. The molecule has 0 bridgehead atoms. The zero-order valence-corrected chi connectivity index (χ0v) is 16.1. The summed E-state index contributed by atoms with van der Waals surface area (Å²) in [5.41, 5.74) is 0.624. The topological polar surface area (TPSA) is 70.7 Å². The lowest BCUT2D eigenvalue weighted by Gasteiger charge is -2.19. The van der Waals surface area contributed by atoms with Crippen LogP contribution in [0.25, 0.3) is 0 Å². The van der Waals surface area contributed by atoms with Gasteiger partial charge < -0.3 is 20.3 Å². The number of likely N-dealkylation sites (N-methyl/N-ethyl adjacent to an activating group) is 1. The van der Waals surface area contributed by atoms with E-state index in [0.717, 1.165) is 13.0 Å².